The summed E-state index contributed by atoms with van der Waals surface area (Å²) in [5.41, 5.74) is 0. The zero-order valence-electron chi connectivity index (χ0n) is 6.64. The van der Waals surface area contributed by atoms with Crippen molar-refractivity contribution >= 4 is 17.8 Å². The lowest BCUT2D eigenvalue weighted by Crippen LogP contribution is -2.09. The van der Waals surface area contributed by atoms with Crippen LogP contribution in [0.5, 0.6) is 0 Å². The fourth-order valence-electron chi connectivity index (χ4n) is 0.463. The second kappa shape index (κ2) is 7.66. The van der Waals surface area contributed by atoms with E-state index in [1.807, 2.05) is 6.92 Å². The topological polar surface area (TPSA) is 35.5 Å². The molecule has 0 fully saturated rings. The molecule has 0 atom stereocenters. The predicted octanol–water partition coefficient (Wildman–Crippen LogP) is 2.18. The first-order chi connectivity index (χ1) is 5.31. The third kappa shape index (κ3) is 7.46. The molecule has 0 bridgehead atoms. The first-order valence-electron chi connectivity index (χ1n) is 3.66. The molecule has 0 aliphatic rings. The number of halogens is 1. The molecule has 3 nitrogen and oxygen atoms in total. The molecular formula is C7H13ClO3. The molecule has 0 spiro atoms. The number of hydrogen-bond donors (Lipinski definition) is 0. The van der Waals surface area contributed by atoms with Crippen LogP contribution in [0.2, 0.25) is 0 Å². The average molecular weight is 181 g/mol. The van der Waals surface area contributed by atoms with Crippen LogP contribution in [0, 0.1) is 0 Å². The van der Waals surface area contributed by atoms with E-state index in [1.165, 1.54) is 0 Å². The van der Waals surface area contributed by atoms with E-state index in [-0.39, 0.29) is 6.61 Å². The lowest BCUT2D eigenvalue weighted by atomic mass is 10.4. The highest BCUT2D eigenvalue weighted by Gasteiger charge is 2.00. The maximum Gasteiger partial charge on any atom is 0.508 e. The van der Waals surface area contributed by atoms with Crippen LogP contribution in [-0.2, 0) is 9.47 Å². The minimum atomic E-state index is -0.626. The van der Waals surface area contributed by atoms with E-state index in [0.717, 1.165) is 12.8 Å². The lowest BCUT2D eigenvalue weighted by Gasteiger charge is -2.02. The van der Waals surface area contributed by atoms with E-state index in [1.54, 1.807) is 0 Å². The molecule has 0 N–H and O–H groups in total. The van der Waals surface area contributed by atoms with E-state index in [9.17, 15) is 4.79 Å². The molecule has 0 aliphatic heterocycles. The monoisotopic (exact) mass is 180 g/mol. The van der Waals surface area contributed by atoms with Crippen molar-refractivity contribution in [3.63, 3.8) is 0 Å². The van der Waals surface area contributed by atoms with Gasteiger partial charge in [-0.05, 0) is 6.42 Å². The van der Waals surface area contributed by atoms with Crippen LogP contribution in [0.25, 0.3) is 0 Å². The Morgan fingerprint density at radius 2 is 2.00 bits per heavy atom. The second-order valence-corrected chi connectivity index (χ2v) is 2.37. The smallest absolute Gasteiger partial charge is 0.434 e. The van der Waals surface area contributed by atoms with Gasteiger partial charge in [0.2, 0.25) is 0 Å². The minimum absolute atomic E-state index is 0.215. The number of rotatable bonds is 5. The van der Waals surface area contributed by atoms with E-state index in [4.69, 9.17) is 11.6 Å². The Morgan fingerprint density at radius 1 is 1.36 bits per heavy atom. The normalized spacial score (nSPS) is 9.27. The zero-order valence-corrected chi connectivity index (χ0v) is 7.39. The molecule has 0 aromatic rings. The Morgan fingerprint density at radius 3 is 2.55 bits per heavy atom. The Kier molecular flexibility index (Phi) is 7.36. The molecular weight excluding hydrogens is 168 g/mol. The third-order valence-corrected chi connectivity index (χ3v) is 1.17. The highest BCUT2D eigenvalue weighted by molar-refractivity contribution is 6.18. The van der Waals surface area contributed by atoms with Crippen molar-refractivity contribution < 1.29 is 14.3 Å². The summed E-state index contributed by atoms with van der Waals surface area (Å²) in [6.45, 7) is 2.66. The van der Waals surface area contributed by atoms with Gasteiger partial charge >= 0.3 is 6.16 Å². The van der Waals surface area contributed by atoms with Crippen molar-refractivity contribution in [3.05, 3.63) is 0 Å². The summed E-state index contributed by atoms with van der Waals surface area (Å²) in [6.07, 6.45) is 1.25. The first kappa shape index (κ1) is 10.6. The van der Waals surface area contributed by atoms with Crippen molar-refractivity contribution in [3.8, 4) is 0 Å². The molecule has 0 saturated heterocycles. The largest absolute Gasteiger partial charge is 0.508 e. The van der Waals surface area contributed by atoms with Gasteiger partial charge in [-0.15, -0.1) is 11.6 Å². The van der Waals surface area contributed by atoms with Crippen molar-refractivity contribution in [2.45, 2.75) is 19.8 Å². The summed E-state index contributed by atoms with van der Waals surface area (Å²) in [7, 11) is 0. The molecule has 66 valence electrons. The van der Waals surface area contributed by atoms with Crippen molar-refractivity contribution in [2.24, 2.45) is 0 Å². The lowest BCUT2D eigenvalue weighted by molar-refractivity contribution is 0.0587. The fraction of sp³-hybridized carbons (Fsp3) is 0.857. The van der Waals surface area contributed by atoms with Crippen LogP contribution < -0.4 is 0 Å². The van der Waals surface area contributed by atoms with Crippen molar-refractivity contribution in [1.82, 2.24) is 0 Å². The first-order valence-corrected chi connectivity index (χ1v) is 4.20. The van der Waals surface area contributed by atoms with Crippen LogP contribution in [0.15, 0.2) is 0 Å². The number of alkyl halides is 1. The number of ether oxygens (including phenoxy) is 2. The molecule has 0 saturated carbocycles. The van der Waals surface area contributed by atoms with Gasteiger partial charge in [-0.2, -0.15) is 0 Å². The van der Waals surface area contributed by atoms with Crippen molar-refractivity contribution in [2.75, 3.05) is 19.1 Å². The summed E-state index contributed by atoms with van der Waals surface area (Å²) in [5.74, 6) is 0.308. The van der Waals surface area contributed by atoms with Crippen LogP contribution >= 0.6 is 11.6 Å². The molecule has 0 heterocycles. The highest BCUT2D eigenvalue weighted by atomic mass is 35.5. The van der Waals surface area contributed by atoms with E-state index in [0.29, 0.717) is 12.5 Å². The summed E-state index contributed by atoms with van der Waals surface area (Å²) in [5, 5.41) is 0. The molecule has 0 aromatic carbocycles. The number of unbranched alkanes of at least 4 members (excludes halogenated alkanes) is 1. The molecule has 0 rings (SSSR count). The molecule has 0 radical (unpaired) electrons. The molecule has 4 heteroatoms. The van der Waals surface area contributed by atoms with Gasteiger partial charge in [-0.1, -0.05) is 13.3 Å². The minimum Gasteiger partial charge on any atom is -0.434 e. The molecule has 0 aromatic heterocycles. The van der Waals surface area contributed by atoms with E-state index in [2.05, 4.69) is 9.47 Å². The molecule has 11 heavy (non-hydrogen) atoms. The Hall–Kier alpha value is -0.440. The van der Waals surface area contributed by atoms with Gasteiger partial charge in [0, 0.05) is 0 Å². The van der Waals surface area contributed by atoms with Gasteiger partial charge in [0.05, 0.1) is 12.5 Å². The Balaban J connectivity index is 3.09. The summed E-state index contributed by atoms with van der Waals surface area (Å²) >= 11 is 5.27. The third-order valence-electron chi connectivity index (χ3n) is 1.01. The molecule has 0 amide bonds. The SMILES string of the molecule is CCCCOC(=O)OCCCl. The van der Waals surface area contributed by atoms with E-state index >= 15 is 0 Å². The van der Waals surface area contributed by atoms with Gasteiger partial charge in [0.1, 0.15) is 6.61 Å². The van der Waals surface area contributed by atoms with Crippen LogP contribution in [0.1, 0.15) is 19.8 Å². The van der Waals surface area contributed by atoms with Gasteiger partial charge in [0.25, 0.3) is 0 Å². The predicted molar refractivity (Wildman–Crippen MR) is 42.9 cm³/mol. The van der Waals surface area contributed by atoms with Crippen LogP contribution in [0.4, 0.5) is 4.79 Å². The fourth-order valence-corrected chi connectivity index (χ4v) is 0.541. The molecule has 0 aliphatic carbocycles. The van der Waals surface area contributed by atoms with Gasteiger partial charge in [-0.25, -0.2) is 4.79 Å². The van der Waals surface area contributed by atoms with Crippen LogP contribution in [-0.4, -0.2) is 25.2 Å². The summed E-state index contributed by atoms with van der Waals surface area (Å²) in [6, 6.07) is 0. The quantitative estimate of drug-likeness (QED) is 0.370. The molecule has 0 unspecified atom stereocenters. The highest BCUT2D eigenvalue weighted by Crippen LogP contribution is 1.91. The van der Waals surface area contributed by atoms with Crippen molar-refractivity contribution in [1.29, 1.82) is 0 Å². The average Bonchev–Trinajstić information content (AvgIpc) is 2.01. The maximum atomic E-state index is 10.6. The second-order valence-electron chi connectivity index (χ2n) is 1.99. The Labute approximate surface area is 71.6 Å². The van der Waals surface area contributed by atoms with Gasteiger partial charge < -0.3 is 9.47 Å². The van der Waals surface area contributed by atoms with Gasteiger partial charge in [-0.3, -0.25) is 0 Å². The standard InChI is InChI=1S/C7H13ClO3/c1-2-3-5-10-7(9)11-6-4-8/h2-6H2,1H3. The maximum absolute atomic E-state index is 10.6. The summed E-state index contributed by atoms with van der Waals surface area (Å²) < 4.78 is 9.21. The number of carbonyl (C=O) groups excluding carboxylic acids is 1. The summed E-state index contributed by atoms with van der Waals surface area (Å²) in [4.78, 5) is 10.6. The van der Waals surface area contributed by atoms with Crippen LogP contribution in [0.3, 0.4) is 0 Å². The number of hydrogen-bond acceptors (Lipinski definition) is 3. The number of carbonyl (C=O) groups is 1. The zero-order chi connectivity index (χ0) is 8.53. The Bertz CT molecular complexity index is 106. The van der Waals surface area contributed by atoms with E-state index < -0.39 is 6.16 Å². The van der Waals surface area contributed by atoms with Gasteiger partial charge in [0.15, 0.2) is 0 Å².